The minimum atomic E-state index is 0.604. The van der Waals surface area contributed by atoms with E-state index in [2.05, 4.69) is 52.7 Å². The molecule has 2 rings (SSSR count). The minimum absolute atomic E-state index is 0.604. The summed E-state index contributed by atoms with van der Waals surface area (Å²) in [4.78, 5) is 12.1. The van der Waals surface area contributed by atoms with E-state index in [0.29, 0.717) is 18.1 Å². The number of ether oxygens (including phenoxy) is 1. The molecule has 1 N–H and O–H groups in total. The van der Waals surface area contributed by atoms with Crippen molar-refractivity contribution in [2.45, 2.75) is 58.7 Å². The van der Waals surface area contributed by atoms with Crippen LogP contribution in [0.4, 0.5) is 0 Å². The second-order valence-electron chi connectivity index (χ2n) is 7.79. The maximum absolute atomic E-state index is 5.48. The van der Waals surface area contributed by atoms with Crippen molar-refractivity contribution in [2.24, 2.45) is 4.99 Å². The molecule has 2 fully saturated rings. The van der Waals surface area contributed by atoms with Crippen LogP contribution in [0.2, 0.25) is 0 Å². The van der Waals surface area contributed by atoms with E-state index in [9.17, 15) is 0 Å². The molecule has 0 amide bonds. The zero-order valence-corrected chi connectivity index (χ0v) is 17.0. The van der Waals surface area contributed by atoms with Crippen molar-refractivity contribution >= 4 is 5.96 Å². The summed E-state index contributed by atoms with van der Waals surface area (Å²) in [6.07, 6.45) is 2.38. The third-order valence-electron chi connectivity index (χ3n) is 5.44. The van der Waals surface area contributed by atoms with Crippen molar-refractivity contribution in [1.82, 2.24) is 20.0 Å². The van der Waals surface area contributed by atoms with E-state index in [-0.39, 0.29) is 0 Å². The number of hydrogen-bond donors (Lipinski definition) is 1. The molecule has 2 heterocycles. The number of rotatable bonds is 7. The van der Waals surface area contributed by atoms with Gasteiger partial charge >= 0.3 is 0 Å². The van der Waals surface area contributed by atoms with Crippen LogP contribution >= 0.6 is 0 Å². The molecule has 146 valence electrons. The van der Waals surface area contributed by atoms with E-state index in [1.807, 2.05) is 7.05 Å². The summed E-state index contributed by atoms with van der Waals surface area (Å²) < 4.78 is 5.48. The first-order chi connectivity index (χ1) is 12.0. The lowest BCUT2D eigenvalue weighted by Crippen LogP contribution is -2.47. The molecule has 1 unspecified atom stereocenters. The summed E-state index contributed by atoms with van der Waals surface area (Å²) in [7, 11) is 1.90. The molecule has 0 aromatic heterocycles. The Hall–Kier alpha value is -0.850. The number of morpholine rings is 1. The van der Waals surface area contributed by atoms with Gasteiger partial charge in [-0.3, -0.25) is 14.8 Å². The summed E-state index contributed by atoms with van der Waals surface area (Å²) in [5.41, 5.74) is 0. The Morgan fingerprint density at radius 1 is 1.16 bits per heavy atom. The average Bonchev–Trinajstić information content (AvgIpc) is 3.08. The normalized spacial score (nSPS) is 23.3. The van der Waals surface area contributed by atoms with Crippen LogP contribution in [-0.2, 0) is 4.74 Å². The van der Waals surface area contributed by atoms with Crippen LogP contribution in [0.15, 0.2) is 4.99 Å². The van der Waals surface area contributed by atoms with Crippen molar-refractivity contribution in [3.8, 4) is 0 Å². The number of hydrogen-bond acceptors (Lipinski definition) is 4. The van der Waals surface area contributed by atoms with Gasteiger partial charge < -0.3 is 15.0 Å². The van der Waals surface area contributed by atoms with Crippen molar-refractivity contribution in [2.75, 3.05) is 59.5 Å². The second-order valence-corrected chi connectivity index (χ2v) is 7.79. The highest BCUT2D eigenvalue weighted by Gasteiger charge is 2.30. The molecular weight excluding hydrogens is 314 g/mol. The van der Waals surface area contributed by atoms with Crippen molar-refractivity contribution in [3.05, 3.63) is 0 Å². The van der Waals surface area contributed by atoms with E-state index >= 15 is 0 Å². The average molecular weight is 354 g/mol. The number of aliphatic imine (C=N–C) groups is 1. The number of nitrogens with one attached hydrogen (secondary N) is 1. The van der Waals surface area contributed by atoms with E-state index in [1.165, 1.54) is 6.42 Å². The Labute approximate surface area is 154 Å². The van der Waals surface area contributed by atoms with Crippen molar-refractivity contribution in [3.63, 3.8) is 0 Å². The van der Waals surface area contributed by atoms with Gasteiger partial charge in [-0.25, -0.2) is 0 Å². The highest BCUT2D eigenvalue weighted by atomic mass is 16.5. The van der Waals surface area contributed by atoms with Crippen LogP contribution in [0.25, 0.3) is 0 Å². The zero-order valence-electron chi connectivity index (χ0n) is 17.0. The van der Waals surface area contributed by atoms with Gasteiger partial charge in [-0.2, -0.15) is 0 Å². The van der Waals surface area contributed by atoms with Gasteiger partial charge in [-0.1, -0.05) is 0 Å². The number of guanidine groups is 1. The smallest absolute Gasteiger partial charge is 0.193 e. The first-order valence-electron chi connectivity index (χ1n) is 10.1. The van der Waals surface area contributed by atoms with Gasteiger partial charge in [0.25, 0.3) is 0 Å². The summed E-state index contributed by atoms with van der Waals surface area (Å²) in [6, 6.07) is 1.86. The summed E-state index contributed by atoms with van der Waals surface area (Å²) in [5, 5.41) is 3.57. The molecule has 0 bridgehead atoms. The molecular formula is C19H39N5O. The van der Waals surface area contributed by atoms with Crippen LogP contribution in [-0.4, -0.2) is 98.3 Å². The lowest BCUT2D eigenvalue weighted by atomic mass is 10.2. The van der Waals surface area contributed by atoms with E-state index < -0.39 is 0 Å². The minimum Gasteiger partial charge on any atom is -0.379 e. The van der Waals surface area contributed by atoms with Gasteiger partial charge in [-0.15, -0.1) is 0 Å². The van der Waals surface area contributed by atoms with Crippen LogP contribution in [0.3, 0.4) is 0 Å². The molecule has 0 aromatic rings. The van der Waals surface area contributed by atoms with Crippen LogP contribution in [0, 0.1) is 0 Å². The molecule has 0 aliphatic carbocycles. The summed E-state index contributed by atoms with van der Waals surface area (Å²) in [5.74, 6) is 1.07. The monoisotopic (exact) mass is 353 g/mol. The third kappa shape index (κ3) is 6.12. The van der Waals surface area contributed by atoms with Crippen molar-refractivity contribution < 1.29 is 4.74 Å². The van der Waals surface area contributed by atoms with Crippen LogP contribution < -0.4 is 5.32 Å². The molecule has 2 aliphatic rings. The first-order valence-corrected chi connectivity index (χ1v) is 10.1. The van der Waals surface area contributed by atoms with E-state index in [0.717, 1.165) is 64.9 Å². The lowest BCUT2D eigenvalue weighted by molar-refractivity contribution is 0.0195. The highest BCUT2D eigenvalue weighted by molar-refractivity contribution is 5.80. The van der Waals surface area contributed by atoms with Gasteiger partial charge in [0.1, 0.15) is 0 Å². The Bertz CT molecular complexity index is 399. The SMILES string of the molecule is CN=C(NCCCN(C(C)C)C(C)C)N1CCC(N2CCOCC2)C1. The predicted molar refractivity (Wildman–Crippen MR) is 105 cm³/mol. The van der Waals surface area contributed by atoms with Gasteiger partial charge in [0.2, 0.25) is 0 Å². The zero-order chi connectivity index (χ0) is 18.2. The fourth-order valence-corrected chi connectivity index (χ4v) is 4.08. The molecule has 2 aliphatic heterocycles. The molecule has 0 aromatic carbocycles. The molecule has 6 heteroatoms. The quantitative estimate of drug-likeness (QED) is 0.427. The van der Waals surface area contributed by atoms with Gasteiger partial charge in [0.05, 0.1) is 13.2 Å². The van der Waals surface area contributed by atoms with Crippen LogP contribution in [0.5, 0.6) is 0 Å². The fraction of sp³-hybridized carbons (Fsp3) is 0.947. The Balaban J connectivity index is 1.72. The Morgan fingerprint density at radius 2 is 1.84 bits per heavy atom. The van der Waals surface area contributed by atoms with E-state index in [4.69, 9.17) is 4.74 Å². The summed E-state index contributed by atoms with van der Waals surface area (Å²) in [6.45, 7) is 17.3. The molecule has 1 atom stereocenters. The maximum atomic E-state index is 5.48. The van der Waals surface area contributed by atoms with E-state index in [1.54, 1.807) is 0 Å². The molecule has 0 saturated carbocycles. The third-order valence-corrected chi connectivity index (χ3v) is 5.44. The predicted octanol–water partition coefficient (Wildman–Crippen LogP) is 1.48. The highest BCUT2D eigenvalue weighted by Crippen LogP contribution is 2.17. The first kappa shape index (κ1) is 20.5. The van der Waals surface area contributed by atoms with Gasteiger partial charge in [0.15, 0.2) is 5.96 Å². The number of likely N-dealkylation sites (tertiary alicyclic amines) is 1. The fourth-order valence-electron chi connectivity index (χ4n) is 4.08. The Morgan fingerprint density at radius 3 is 2.44 bits per heavy atom. The second kappa shape index (κ2) is 10.3. The number of nitrogens with zero attached hydrogens (tertiary/aromatic N) is 4. The maximum Gasteiger partial charge on any atom is 0.193 e. The Kier molecular flexibility index (Phi) is 8.46. The van der Waals surface area contributed by atoms with Gasteiger partial charge in [-0.05, 0) is 40.5 Å². The largest absolute Gasteiger partial charge is 0.379 e. The van der Waals surface area contributed by atoms with Gasteiger partial charge in [0, 0.05) is 64.4 Å². The molecule has 0 radical (unpaired) electrons. The standard InChI is InChI=1S/C19H39N5O/c1-16(2)24(17(3)4)9-6-8-21-19(20-5)23-10-7-18(15-23)22-11-13-25-14-12-22/h16-18H,6-15H2,1-5H3,(H,20,21). The molecule has 2 saturated heterocycles. The molecule has 25 heavy (non-hydrogen) atoms. The van der Waals surface area contributed by atoms with Crippen molar-refractivity contribution in [1.29, 1.82) is 0 Å². The van der Waals surface area contributed by atoms with Crippen LogP contribution in [0.1, 0.15) is 40.5 Å². The molecule has 0 spiro atoms. The summed E-state index contributed by atoms with van der Waals surface area (Å²) >= 11 is 0. The lowest BCUT2D eigenvalue weighted by Gasteiger charge is -2.32. The topological polar surface area (TPSA) is 43.3 Å². The molecule has 6 nitrogen and oxygen atoms in total.